The van der Waals surface area contributed by atoms with Crippen molar-refractivity contribution < 1.29 is 4.74 Å². The summed E-state index contributed by atoms with van der Waals surface area (Å²) in [6.07, 6.45) is 4.77. The molecule has 0 aliphatic carbocycles. The number of nitrogens with one attached hydrogen (secondary N) is 1. The predicted octanol–water partition coefficient (Wildman–Crippen LogP) is 8.15. The van der Waals surface area contributed by atoms with Gasteiger partial charge in [-0.2, -0.15) is 5.10 Å². The molecule has 1 aromatic heterocycles. The molecule has 0 unspecified atom stereocenters. The molecular formula is C33H35BrN4O. The van der Waals surface area contributed by atoms with E-state index in [1.165, 1.54) is 5.56 Å². The van der Waals surface area contributed by atoms with E-state index in [0.717, 1.165) is 69.4 Å². The van der Waals surface area contributed by atoms with Crippen molar-refractivity contribution in [2.24, 2.45) is 0 Å². The Hall–Kier alpha value is -4.03. The minimum atomic E-state index is 0.754. The lowest BCUT2D eigenvalue weighted by atomic mass is 10.0. The number of aromatic nitrogens is 2. The van der Waals surface area contributed by atoms with E-state index in [9.17, 15) is 0 Å². The quantitative estimate of drug-likeness (QED) is 0.135. The van der Waals surface area contributed by atoms with Gasteiger partial charge in [0.1, 0.15) is 17.3 Å². The van der Waals surface area contributed by atoms with Crippen molar-refractivity contribution in [1.29, 1.82) is 0 Å². The molecule has 1 N–H and O–H groups in total. The Labute approximate surface area is 240 Å². The Morgan fingerprint density at radius 1 is 0.974 bits per heavy atom. The van der Waals surface area contributed by atoms with Crippen molar-refractivity contribution in [1.82, 2.24) is 20.0 Å². The average molecular weight is 584 g/mol. The van der Waals surface area contributed by atoms with Crippen molar-refractivity contribution >= 4 is 33.0 Å². The zero-order chi connectivity index (χ0) is 27.8. The third kappa shape index (κ3) is 7.09. The molecule has 0 bridgehead atoms. The van der Waals surface area contributed by atoms with Crippen LogP contribution in [0.15, 0.2) is 109 Å². The van der Waals surface area contributed by atoms with Crippen molar-refractivity contribution in [3.05, 3.63) is 131 Å². The average Bonchev–Trinajstić information content (AvgIpc) is 3.28. The van der Waals surface area contributed by atoms with Gasteiger partial charge in [-0.05, 0) is 83.2 Å². The Kier molecular flexibility index (Phi) is 9.45. The summed E-state index contributed by atoms with van der Waals surface area (Å²) >= 11 is 3.59. The zero-order valence-electron chi connectivity index (χ0n) is 22.8. The lowest BCUT2D eigenvalue weighted by molar-refractivity contribution is 0.452. The van der Waals surface area contributed by atoms with Crippen LogP contribution < -0.4 is 10.1 Å². The third-order valence-corrected chi connectivity index (χ3v) is 7.36. The largest absolute Gasteiger partial charge is 0.457 e. The summed E-state index contributed by atoms with van der Waals surface area (Å²) in [4.78, 5) is 2.17. The molecule has 0 saturated heterocycles. The van der Waals surface area contributed by atoms with E-state index in [0.29, 0.717) is 0 Å². The van der Waals surface area contributed by atoms with E-state index in [4.69, 9.17) is 4.74 Å². The molecule has 6 heteroatoms. The molecule has 0 saturated carbocycles. The molecular weight excluding hydrogens is 548 g/mol. The third-order valence-electron chi connectivity index (χ3n) is 6.59. The molecule has 0 aliphatic rings. The van der Waals surface area contributed by atoms with Gasteiger partial charge >= 0.3 is 0 Å². The molecule has 4 aromatic rings. The van der Waals surface area contributed by atoms with Crippen molar-refractivity contribution in [3.8, 4) is 11.5 Å². The lowest BCUT2D eigenvalue weighted by Crippen LogP contribution is -2.25. The molecule has 5 nitrogen and oxygen atoms in total. The number of ether oxygens (including phenoxy) is 1. The molecule has 0 spiro atoms. The smallest absolute Gasteiger partial charge is 0.136 e. The van der Waals surface area contributed by atoms with Gasteiger partial charge in [0.15, 0.2) is 0 Å². The normalized spacial score (nSPS) is 11.2. The van der Waals surface area contributed by atoms with Crippen LogP contribution in [0.4, 0.5) is 0 Å². The van der Waals surface area contributed by atoms with E-state index in [1.807, 2.05) is 84.5 Å². The van der Waals surface area contributed by atoms with E-state index >= 15 is 0 Å². The first-order chi connectivity index (χ1) is 18.8. The molecule has 200 valence electrons. The first kappa shape index (κ1) is 28.0. The summed E-state index contributed by atoms with van der Waals surface area (Å²) < 4.78 is 9.02. The van der Waals surface area contributed by atoms with Gasteiger partial charge in [-0.15, -0.1) is 0 Å². The number of hydrogen-bond donors (Lipinski definition) is 1. The van der Waals surface area contributed by atoms with Gasteiger partial charge in [-0.3, -0.25) is 0 Å². The molecule has 0 fully saturated rings. The minimum Gasteiger partial charge on any atom is -0.457 e. The van der Waals surface area contributed by atoms with Crippen LogP contribution in [0, 0.1) is 13.8 Å². The highest BCUT2D eigenvalue weighted by Crippen LogP contribution is 2.30. The van der Waals surface area contributed by atoms with Crippen LogP contribution in [-0.4, -0.2) is 34.8 Å². The number of allylic oxidation sites excluding steroid dienone is 2. The van der Waals surface area contributed by atoms with Crippen LogP contribution in [0.5, 0.6) is 11.5 Å². The van der Waals surface area contributed by atoms with Gasteiger partial charge in [0.05, 0.1) is 16.4 Å². The second-order valence-corrected chi connectivity index (χ2v) is 10.3. The number of para-hydroxylation sites is 2. The van der Waals surface area contributed by atoms with Crippen molar-refractivity contribution in [2.75, 3.05) is 20.1 Å². The number of rotatable bonds is 12. The number of aryl methyl sites for hydroxylation is 1. The number of benzene rings is 3. The number of hydrogen-bond acceptors (Lipinski definition) is 4. The molecule has 4 rings (SSSR count). The number of nitrogens with zero attached hydrogens (tertiary/aromatic N) is 3. The molecule has 0 atom stereocenters. The zero-order valence-corrected chi connectivity index (χ0v) is 24.4. The van der Waals surface area contributed by atoms with Crippen LogP contribution in [0.25, 0.3) is 17.1 Å². The van der Waals surface area contributed by atoms with Gasteiger partial charge in [0.2, 0.25) is 0 Å². The molecule has 3 aromatic carbocycles. The standard InChI is InChI=1S/C33H35BrN4O/c1-24-14-9-10-17-29(24)25(2)22-33(38-27(4)31(34)23-36-38)35-20-13-21-37(5)26(3)30-18-11-12-19-32(30)39-28-15-7-6-8-16-28/h6-12,14-19,22-23,35H,2-3,13,20-21H2,1,4-5H3/b33-22-. The highest BCUT2D eigenvalue weighted by molar-refractivity contribution is 9.10. The molecule has 0 radical (unpaired) electrons. The van der Waals surface area contributed by atoms with E-state index in [1.54, 1.807) is 0 Å². The summed E-state index contributed by atoms with van der Waals surface area (Å²) in [5.41, 5.74) is 6.15. The fourth-order valence-electron chi connectivity index (χ4n) is 4.28. The van der Waals surface area contributed by atoms with E-state index in [-0.39, 0.29) is 0 Å². The van der Waals surface area contributed by atoms with Crippen LogP contribution in [0.2, 0.25) is 0 Å². The molecule has 0 aliphatic heterocycles. The van der Waals surface area contributed by atoms with E-state index in [2.05, 4.69) is 76.6 Å². The highest BCUT2D eigenvalue weighted by atomic mass is 79.9. The van der Waals surface area contributed by atoms with Gasteiger partial charge in [-0.25, -0.2) is 4.68 Å². The first-order valence-corrected chi connectivity index (χ1v) is 13.8. The predicted molar refractivity (Wildman–Crippen MR) is 166 cm³/mol. The van der Waals surface area contributed by atoms with Crippen LogP contribution >= 0.6 is 15.9 Å². The highest BCUT2D eigenvalue weighted by Gasteiger charge is 2.13. The summed E-state index contributed by atoms with van der Waals surface area (Å²) in [6.45, 7) is 14.4. The maximum absolute atomic E-state index is 6.15. The van der Waals surface area contributed by atoms with E-state index < -0.39 is 0 Å². The Bertz CT molecular complexity index is 1470. The summed E-state index contributed by atoms with van der Waals surface area (Å²) in [5.74, 6) is 2.48. The molecule has 1 heterocycles. The van der Waals surface area contributed by atoms with Crippen LogP contribution in [-0.2, 0) is 0 Å². The number of halogens is 1. The second kappa shape index (κ2) is 13.2. The van der Waals surface area contributed by atoms with Crippen LogP contribution in [0.3, 0.4) is 0 Å². The monoisotopic (exact) mass is 582 g/mol. The fraction of sp³-hybridized carbons (Fsp3) is 0.182. The Balaban J connectivity index is 1.42. The second-order valence-electron chi connectivity index (χ2n) is 9.42. The summed E-state index contributed by atoms with van der Waals surface area (Å²) in [7, 11) is 2.06. The van der Waals surface area contributed by atoms with Crippen molar-refractivity contribution in [3.63, 3.8) is 0 Å². The van der Waals surface area contributed by atoms with Gasteiger partial charge < -0.3 is 15.0 Å². The summed E-state index contributed by atoms with van der Waals surface area (Å²) in [5, 5.41) is 8.16. The maximum Gasteiger partial charge on any atom is 0.136 e. The SMILES string of the molecule is C=C(/C=C(/NCCCN(C)C(=C)c1ccccc1Oc1ccccc1)n1ncc(Br)c1C)c1ccccc1C. The van der Waals surface area contributed by atoms with Gasteiger partial charge in [0.25, 0.3) is 0 Å². The van der Waals surface area contributed by atoms with Gasteiger partial charge in [0, 0.05) is 31.4 Å². The molecule has 0 amide bonds. The van der Waals surface area contributed by atoms with Crippen molar-refractivity contribution in [2.45, 2.75) is 20.3 Å². The van der Waals surface area contributed by atoms with Crippen LogP contribution in [0.1, 0.15) is 28.8 Å². The minimum absolute atomic E-state index is 0.754. The maximum atomic E-state index is 6.15. The lowest BCUT2D eigenvalue weighted by Gasteiger charge is -2.24. The van der Waals surface area contributed by atoms with Gasteiger partial charge in [-0.1, -0.05) is 67.8 Å². The summed E-state index contributed by atoms with van der Waals surface area (Å²) in [6, 6.07) is 26.1. The topological polar surface area (TPSA) is 42.3 Å². The fourth-order valence-corrected chi connectivity index (χ4v) is 4.54. The molecule has 39 heavy (non-hydrogen) atoms. The first-order valence-electron chi connectivity index (χ1n) is 13.0. The Morgan fingerprint density at radius 3 is 2.33 bits per heavy atom. The Morgan fingerprint density at radius 2 is 1.64 bits per heavy atom.